The number of aryl methyl sites for hydroxylation is 1. The predicted octanol–water partition coefficient (Wildman–Crippen LogP) is 1.25. The number of hydrogen-bond acceptors (Lipinski definition) is 2. The van der Waals surface area contributed by atoms with Gasteiger partial charge in [-0.25, -0.2) is 4.57 Å². The average molecular weight is 205 g/mol. The van der Waals surface area contributed by atoms with E-state index in [-0.39, 0.29) is 5.56 Å². The normalized spacial score (nSPS) is 13.0. The topological polar surface area (TPSA) is 36.5 Å². The first-order valence-corrected chi connectivity index (χ1v) is 3.70. The Kier molecular flexibility index (Phi) is 2.73. The third-order valence-electron chi connectivity index (χ3n) is 1.58. The van der Waals surface area contributed by atoms with Crippen LogP contribution in [0.1, 0.15) is 5.56 Å². The molecule has 1 aromatic rings. The third-order valence-corrected chi connectivity index (χ3v) is 1.58. The van der Waals surface area contributed by atoms with Gasteiger partial charge in [0.25, 0.3) is 0 Å². The summed E-state index contributed by atoms with van der Waals surface area (Å²) >= 11 is 0. The number of rotatable bonds is 1. The van der Waals surface area contributed by atoms with Gasteiger partial charge >= 0.3 is 6.18 Å². The zero-order chi connectivity index (χ0) is 10.8. The molecule has 0 saturated carbocycles. The van der Waals surface area contributed by atoms with E-state index in [1.165, 1.54) is 22.9 Å². The summed E-state index contributed by atoms with van der Waals surface area (Å²) in [5, 5.41) is 10.5. The van der Waals surface area contributed by atoms with Crippen molar-refractivity contribution in [3.05, 3.63) is 30.1 Å². The molecule has 0 aliphatic rings. The molecular weight excluding hydrogens is 197 g/mol. The molecule has 0 amide bonds. The number of oxime groups is 1. The average Bonchev–Trinajstić information content (AvgIpc) is 2.02. The lowest BCUT2D eigenvalue weighted by Gasteiger charge is -2.06. The minimum absolute atomic E-state index is 0.176. The van der Waals surface area contributed by atoms with Crippen LogP contribution < -0.4 is 4.57 Å². The zero-order valence-corrected chi connectivity index (χ0v) is 7.28. The van der Waals surface area contributed by atoms with Crippen LogP contribution in [0.2, 0.25) is 0 Å². The molecule has 0 aromatic carbocycles. The molecule has 0 radical (unpaired) electrons. The van der Waals surface area contributed by atoms with Gasteiger partial charge in [-0.15, -0.1) is 0 Å². The van der Waals surface area contributed by atoms with Crippen LogP contribution in [-0.2, 0) is 7.05 Å². The summed E-state index contributed by atoms with van der Waals surface area (Å²) in [5.41, 5.74) is -1.47. The second-order valence-electron chi connectivity index (χ2n) is 2.70. The summed E-state index contributed by atoms with van der Waals surface area (Å²) in [4.78, 5) is 0. The highest BCUT2D eigenvalue weighted by Gasteiger charge is 2.38. The Bertz CT molecular complexity index is 360. The summed E-state index contributed by atoms with van der Waals surface area (Å²) in [6, 6.07) is 2.66. The van der Waals surface area contributed by atoms with Gasteiger partial charge in [-0.1, -0.05) is 5.16 Å². The summed E-state index contributed by atoms with van der Waals surface area (Å²) in [6.45, 7) is 0. The van der Waals surface area contributed by atoms with Gasteiger partial charge in [-0.3, -0.25) is 0 Å². The van der Waals surface area contributed by atoms with E-state index >= 15 is 0 Å². The van der Waals surface area contributed by atoms with Crippen LogP contribution in [-0.4, -0.2) is 17.1 Å². The Balaban J connectivity index is 3.16. The highest BCUT2D eigenvalue weighted by molar-refractivity contribution is 6.03. The van der Waals surface area contributed by atoms with Crippen molar-refractivity contribution < 1.29 is 22.9 Å². The highest BCUT2D eigenvalue weighted by Crippen LogP contribution is 2.21. The van der Waals surface area contributed by atoms with E-state index in [0.29, 0.717) is 0 Å². The lowest BCUT2D eigenvalue weighted by Crippen LogP contribution is -2.31. The fraction of sp³-hybridized carbons (Fsp3) is 0.250. The number of hydrogen-bond donors (Lipinski definition) is 1. The lowest BCUT2D eigenvalue weighted by molar-refractivity contribution is -0.671. The van der Waals surface area contributed by atoms with Gasteiger partial charge in [-0.05, 0) is 6.07 Å². The van der Waals surface area contributed by atoms with Crippen LogP contribution in [0.4, 0.5) is 13.2 Å². The van der Waals surface area contributed by atoms with Gasteiger partial charge in [0.05, 0.1) is 5.56 Å². The predicted molar refractivity (Wildman–Crippen MR) is 42.0 cm³/mol. The van der Waals surface area contributed by atoms with Crippen molar-refractivity contribution >= 4 is 5.71 Å². The van der Waals surface area contributed by atoms with E-state index in [1.807, 2.05) is 0 Å². The minimum Gasteiger partial charge on any atom is -0.410 e. The van der Waals surface area contributed by atoms with Gasteiger partial charge in [0.1, 0.15) is 7.05 Å². The Morgan fingerprint density at radius 3 is 2.57 bits per heavy atom. The second-order valence-corrected chi connectivity index (χ2v) is 2.70. The molecule has 0 atom stereocenters. The molecule has 14 heavy (non-hydrogen) atoms. The standard InChI is InChI=1S/C8H7F3N2O/c1-13-4-2-3-6(5-13)7(12-14)8(9,10)11/h2-5H,1H3/p+1/b12-7-. The van der Waals surface area contributed by atoms with Crippen molar-refractivity contribution in [3.8, 4) is 0 Å². The van der Waals surface area contributed by atoms with Crippen LogP contribution in [0, 0.1) is 0 Å². The summed E-state index contributed by atoms with van der Waals surface area (Å²) in [5.74, 6) is 0. The SMILES string of the molecule is C[n+]1cccc(/C(=N/O)C(F)(F)F)c1. The maximum atomic E-state index is 12.2. The highest BCUT2D eigenvalue weighted by atomic mass is 19.4. The van der Waals surface area contributed by atoms with Crippen molar-refractivity contribution in [2.24, 2.45) is 12.2 Å². The quantitative estimate of drug-likeness (QED) is 0.318. The summed E-state index contributed by atoms with van der Waals surface area (Å²) in [7, 11) is 1.58. The van der Waals surface area contributed by atoms with Gasteiger partial charge in [0.15, 0.2) is 18.1 Å². The Morgan fingerprint density at radius 1 is 1.50 bits per heavy atom. The van der Waals surface area contributed by atoms with Crippen molar-refractivity contribution in [1.29, 1.82) is 0 Å². The van der Waals surface area contributed by atoms with E-state index in [1.54, 1.807) is 13.2 Å². The van der Waals surface area contributed by atoms with Crippen molar-refractivity contribution in [2.45, 2.75) is 6.18 Å². The molecule has 0 fully saturated rings. The maximum Gasteiger partial charge on any atom is 0.437 e. The lowest BCUT2D eigenvalue weighted by atomic mass is 10.2. The van der Waals surface area contributed by atoms with Crippen molar-refractivity contribution in [1.82, 2.24) is 0 Å². The monoisotopic (exact) mass is 205 g/mol. The molecule has 6 heteroatoms. The Hall–Kier alpha value is -1.59. The number of nitrogens with zero attached hydrogens (tertiary/aromatic N) is 2. The molecule has 1 N–H and O–H groups in total. The summed E-state index contributed by atoms with van der Waals surface area (Å²) < 4.78 is 38.2. The smallest absolute Gasteiger partial charge is 0.410 e. The fourth-order valence-electron chi connectivity index (χ4n) is 1.01. The molecule has 0 saturated heterocycles. The zero-order valence-electron chi connectivity index (χ0n) is 7.28. The van der Waals surface area contributed by atoms with Gasteiger partial charge in [0.2, 0.25) is 0 Å². The van der Waals surface area contributed by atoms with Crippen LogP contribution in [0.5, 0.6) is 0 Å². The van der Waals surface area contributed by atoms with Crippen molar-refractivity contribution in [2.75, 3.05) is 0 Å². The molecular formula is C8H8F3N2O+. The number of pyridine rings is 1. The molecule has 1 rings (SSSR count). The van der Waals surface area contributed by atoms with E-state index < -0.39 is 11.9 Å². The molecule has 1 heterocycles. The third kappa shape index (κ3) is 2.21. The number of halogens is 3. The van der Waals surface area contributed by atoms with E-state index in [4.69, 9.17) is 5.21 Å². The largest absolute Gasteiger partial charge is 0.437 e. The first kappa shape index (κ1) is 10.5. The van der Waals surface area contributed by atoms with Gasteiger partial charge < -0.3 is 5.21 Å². The Morgan fingerprint density at radius 2 is 2.14 bits per heavy atom. The fourth-order valence-corrected chi connectivity index (χ4v) is 1.01. The van der Waals surface area contributed by atoms with Crippen molar-refractivity contribution in [3.63, 3.8) is 0 Å². The van der Waals surface area contributed by atoms with Crippen LogP contribution in [0.15, 0.2) is 29.7 Å². The van der Waals surface area contributed by atoms with Crippen LogP contribution in [0.25, 0.3) is 0 Å². The number of alkyl halides is 3. The van der Waals surface area contributed by atoms with E-state index in [9.17, 15) is 13.2 Å². The van der Waals surface area contributed by atoms with Gasteiger partial charge in [0, 0.05) is 6.07 Å². The molecule has 0 unspecified atom stereocenters. The van der Waals surface area contributed by atoms with E-state index in [2.05, 4.69) is 5.16 Å². The van der Waals surface area contributed by atoms with Crippen LogP contribution >= 0.6 is 0 Å². The summed E-state index contributed by atoms with van der Waals surface area (Å²) in [6.07, 6.45) is -1.85. The first-order chi connectivity index (χ1) is 6.45. The molecule has 0 bridgehead atoms. The minimum atomic E-state index is -4.65. The molecule has 0 aliphatic heterocycles. The second kappa shape index (κ2) is 3.65. The van der Waals surface area contributed by atoms with E-state index in [0.717, 1.165) is 0 Å². The maximum absolute atomic E-state index is 12.2. The molecule has 0 aliphatic carbocycles. The first-order valence-electron chi connectivity index (χ1n) is 3.70. The Labute approximate surface area is 78.1 Å². The molecule has 3 nitrogen and oxygen atoms in total. The molecule has 0 spiro atoms. The number of aromatic nitrogens is 1. The molecule has 1 aromatic heterocycles. The van der Waals surface area contributed by atoms with Crippen LogP contribution in [0.3, 0.4) is 0 Å². The molecule has 76 valence electrons. The van der Waals surface area contributed by atoms with Gasteiger partial charge in [-0.2, -0.15) is 13.2 Å².